The summed E-state index contributed by atoms with van der Waals surface area (Å²) in [6.07, 6.45) is -0.595. The third-order valence-electron chi connectivity index (χ3n) is 3.23. The Kier molecular flexibility index (Phi) is 5.90. The molecule has 1 fully saturated rings. The van der Waals surface area contributed by atoms with Crippen molar-refractivity contribution in [3.8, 4) is 0 Å². The van der Waals surface area contributed by atoms with Gasteiger partial charge in [-0.05, 0) is 12.5 Å². The van der Waals surface area contributed by atoms with Gasteiger partial charge in [0.2, 0.25) is 0 Å². The van der Waals surface area contributed by atoms with Crippen molar-refractivity contribution in [3.05, 3.63) is 35.9 Å². The van der Waals surface area contributed by atoms with Crippen LogP contribution in [0.2, 0.25) is 0 Å². The molecule has 1 aliphatic heterocycles. The topological polar surface area (TPSA) is 61.8 Å². The number of benzene rings is 1. The van der Waals surface area contributed by atoms with E-state index in [1.165, 1.54) is 0 Å². The molecule has 0 radical (unpaired) electrons. The van der Waals surface area contributed by atoms with Crippen LogP contribution in [0.3, 0.4) is 0 Å². The summed E-state index contributed by atoms with van der Waals surface area (Å²) in [5.41, 5.74) is 1.05. The summed E-state index contributed by atoms with van der Waals surface area (Å²) in [6.45, 7) is 2.74. The van der Waals surface area contributed by atoms with Crippen LogP contribution in [0, 0.1) is 0 Å². The number of carbonyl (C=O) groups is 2. The van der Waals surface area contributed by atoms with Crippen molar-refractivity contribution in [2.24, 2.45) is 0 Å². The van der Waals surface area contributed by atoms with Crippen LogP contribution >= 0.6 is 0 Å². The minimum Gasteiger partial charge on any atom is -0.466 e. The molecule has 1 aromatic rings. The summed E-state index contributed by atoms with van der Waals surface area (Å²) in [5, 5.41) is 0. The molecule has 2 atom stereocenters. The summed E-state index contributed by atoms with van der Waals surface area (Å²) in [4.78, 5) is 23.2. The van der Waals surface area contributed by atoms with Gasteiger partial charge in [-0.15, -0.1) is 0 Å². The molecule has 1 saturated heterocycles. The van der Waals surface area contributed by atoms with Gasteiger partial charge in [0.25, 0.3) is 0 Å². The maximum absolute atomic E-state index is 11.8. The van der Waals surface area contributed by atoms with Gasteiger partial charge in [0.05, 0.1) is 32.3 Å². The molecule has 5 heteroatoms. The van der Waals surface area contributed by atoms with Crippen molar-refractivity contribution in [1.82, 2.24) is 0 Å². The van der Waals surface area contributed by atoms with Crippen LogP contribution in [0.5, 0.6) is 0 Å². The molecule has 1 heterocycles. The van der Waals surface area contributed by atoms with E-state index in [1.807, 2.05) is 30.3 Å². The first-order chi connectivity index (χ1) is 10.2. The monoisotopic (exact) mass is 292 g/mol. The lowest BCUT2D eigenvalue weighted by molar-refractivity contribution is -0.146. The number of hydrogen-bond acceptors (Lipinski definition) is 5. The Balaban J connectivity index is 1.72. The van der Waals surface area contributed by atoms with Gasteiger partial charge in [0.1, 0.15) is 6.10 Å². The first kappa shape index (κ1) is 15.7. The number of hydrogen-bond donors (Lipinski definition) is 0. The van der Waals surface area contributed by atoms with E-state index in [2.05, 4.69) is 0 Å². The molecule has 0 aliphatic carbocycles. The van der Waals surface area contributed by atoms with Gasteiger partial charge in [-0.25, -0.2) is 0 Å². The molecule has 0 unspecified atom stereocenters. The molecule has 21 heavy (non-hydrogen) atoms. The number of Topliss-reactive ketones (excluding diaryl/α,β-unsaturated/α-hetero) is 1. The fraction of sp³-hybridized carbons (Fsp3) is 0.500. The lowest BCUT2D eigenvalue weighted by Gasteiger charge is -2.12. The second kappa shape index (κ2) is 7.90. The van der Waals surface area contributed by atoms with Gasteiger partial charge in [-0.2, -0.15) is 0 Å². The van der Waals surface area contributed by atoms with Crippen molar-refractivity contribution in [3.63, 3.8) is 0 Å². The molecule has 0 N–H and O–H groups in total. The highest BCUT2D eigenvalue weighted by atomic mass is 16.6. The highest BCUT2D eigenvalue weighted by Gasteiger charge is 2.34. The Labute approximate surface area is 124 Å². The third kappa shape index (κ3) is 4.95. The van der Waals surface area contributed by atoms with Crippen LogP contribution in [0.25, 0.3) is 0 Å². The van der Waals surface area contributed by atoms with Gasteiger partial charge >= 0.3 is 5.97 Å². The molecule has 0 bridgehead atoms. The van der Waals surface area contributed by atoms with Crippen LogP contribution in [0.1, 0.15) is 25.3 Å². The Morgan fingerprint density at radius 3 is 2.81 bits per heavy atom. The molecule has 0 amide bonds. The molecular weight excluding hydrogens is 272 g/mol. The SMILES string of the molecule is CCOC(=O)C[C@H]1CC(=O)[C@H](COCc2ccccc2)O1. The van der Waals surface area contributed by atoms with E-state index in [1.54, 1.807) is 6.92 Å². The molecule has 0 spiro atoms. The van der Waals surface area contributed by atoms with Crippen molar-refractivity contribution < 1.29 is 23.8 Å². The molecule has 114 valence electrons. The highest BCUT2D eigenvalue weighted by Crippen LogP contribution is 2.20. The molecule has 0 aromatic heterocycles. The Morgan fingerprint density at radius 1 is 1.33 bits per heavy atom. The van der Waals surface area contributed by atoms with Gasteiger partial charge in [0.15, 0.2) is 5.78 Å². The minimum absolute atomic E-state index is 0.0163. The van der Waals surface area contributed by atoms with Crippen LogP contribution in [-0.2, 0) is 30.4 Å². The summed E-state index contributed by atoms with van der Waals surface area (Å²) in [5.74, 6) is -0.349. The third-order valence-corrected chi connectivity index (χ3v) is 3.23. The van der Waals surface area contributed by atoms with Gasteiger partial charge in [-0.3, -0.25) is 9.59 Å². The fourth-order valence-electron chi connectivity index (χ4n) is 2.23. The molecular formula is C16H20O5. The van der Waals surface area contributed by atoms with Crippen molar-refractivity contribution >= 4 is 11.8 Å². The van der Waals surface area contributed by atoms with E-state index in [-0.39, 0.29) is 37.3 Å². The van der Waals surface area contributed by atoms with E-state index in [9.17, 15) is 9.59 Å². The zero-order chi connectivity index (χ0) is 15.1. The van der Waals surface area contributed by atoms with Crippen LogP contribution in [0.15, 0.2) is 30.3 Å². The van der Waals surface area contributed by atoms with Crippen LogP contribution in [0.4, 0.5) is 0 Å². The average Bonchev–Trinajstić information content (AvgIpc) is 2.80. The zero-order valence-corrected chi connectivity index (χ0v) is 12.1. The maximum Gasteiger partial charge on any atom is 0.308 e. The van der Waals surface area contributed by atoms with Gasteiger partial charge < -0.3 is 14.2 Å². The summed E-state index contributed by atoms with van der Waals surface area (Å²) >= 11 is 0. The van der Waals surface area contributed by atoms with Crippen LogP contribution in [-0.4, -0.2) is 37.2 Å². The normalized spacial score (nSPS) is 21.5. The van der Waals surface area contributed by atoms with Crippen LogP contribution < -0.4 is 0 Å². The lowest BCUT2D eigenvalue weighted by atomic mass is 10.1. The second-order valence-electron chi connectivity index (χ2n) is 4.93. The largest absolute Gasteiger partial charge is 0.466 e. The van der Waals surface area contributed by atoms with Crippen molar-refractivity contribution in [2.75, 3.05) is 13.2 Å². The maximum atomic E-state index is 11.8. The Bertz CT molecular complexity index is 471. The van der Waals surface area contributed by atoms with Gasteiger partial charge in [0, 0.05) is 6.42 Å². The fourth-order valence-corrected chi connectivity index (χ4v) is 2.23. The van der Waals surface area contributed by atoms with E-state index < -0.39 is 6.10 Å². The predicted octanol–water partition coefficient (Wildman–Crippen LogP) is 1.88. The van der Waals surface area contributed by atoms with Crippen molar-refractivity contribution in [1.29, 1.82) is 0 Å². The standard InChI is InChI=1S/C16H20O5/c1-2-20-16(18)9-13-8-14(17)15(21-13)11-19-10-12-6-4-3-5-7-12/h3-7,13,15H,2,8-11H2,1H3/t13-,15+/m1/s1. The van der Waals surface area contributed by atoms with Crippen molar-refractivity contribution in [2.45, 2.75) is 38.6 Å². The number of carbonyl (C=O) groups excluding carboxylic acids is 2. The summed E-state index contributed by atoms with van der Waals surface area (Å²) in [6, 6.07) is 9.73. The van der Waals surface area contributed by atoms with E-state index in [0.717, 1.165) is 5.56 Å². The number of rotatable bonds is 7. The number of ketones is 1. The summed E-state index contributed by atoms with van der Waals surface area (Å²) in [7, 11) is 0. The first-order valence-corrected chi connectivity index (χ1v) is 7.14. The zero-order valence-electron chi connectivity index (χ0n) is 12.1. The summed E-state index contributed by atoms with van der Waals surface area (Å²) < 4.78 is 15.9. The quantitative estimate of drug-likeness (QED) is 0.718. The molecule has 5 nitrogen and oxygen atoms in total. The molecule has 1 aromatic carbocycles. The molecule has 0 saturated carbocycles. The van der Waals surface area contributed by atoms with E-state index in [4.69, 9.17) is 14.2 Å². The number of esters is 1. The smallest absolute Gasteiger partial charge is 0.308 e. The average molecular weight is 292 g/mol. The number of ether oxygens (including phenoxy) is 3. The predicted molar refractivity (Wildman–Crippen MR) is 75.6 cm³/mol. The van der Waals surface area contributed by atoms with E-state index in [0.29, 0.717) is 13.2 Å². The lowest BCUT2D eigenvalue weighted by Crippen LogP contribution is -2.23. The first-order valence-electron chi connectivity index (χ1n) is 7.14. The van der Waals surface area contributed by atoms with E-state index >= 15 is 0 Å². The molecule has 1 aliphatic rings. The van der Waals surface area contributed by atoms with Gasteiger partial charge in [-0.1, -0.05) is 30.3 Å². The minimum atomic E-state index is -0.576. The molecule has 2 rings (SSSR count). The second-order valence-corrected chi connectivity index (χ2v) is 4.93. The Morgan fingerprint density at radius 2 is 2.10 bits per heavy atom. The highest BCUT2D eigenvalue weighted by molar-refractivity contribution is 5.86. The Hall–Kier alpha value is -1.72.